The summed E-state index contributed by atoms with van der Waals surface area (Å²) in [6, 6.07) is 0. The molecule has 1 aromatic heterocycles. The summed E-state index contributed by atoms with van der Waals surface area (Å²) >= 11 is 2.12. The van der Waals surface area contributed by atoms with E-state index in [-0.39, 0.29) is 11.7 Å². The Labute approximate surface area is 123 Å². The van der Waals surface area contributed by atoms with Gasteiger partial charge in [0.05, 0.1) is 9.26 Å². The lowest BCUT2D eigenvalue weighted by Gasteiger charge is -2.16. The molecule has 0 bridgehead atoms. The van der Waals surface area contributed by atoms with Gasteiger partial charge in [0.2, 0.25) is 0 Å². The number of halogens is 4. The third-order valence-corrected chi connectivity index (χ3v) is 4.32. The molecule has 0 atom stereocenters. The maximum Gasteiger partial charge on any atom is 0.396 e. The fraction of sp³-hybridized carbons (Fsp3) is 0.667. The van der Waals surface area contributed by atoms with Crippen LogP contribution in [0.25, 0.3) is 0 Å². The molecular weight excluding hydrogens is 370 g/mol. The Morgan fingerprint density at radius 3 is 2.42 bits per heavy atom. The Bertz CT molecular complexity index is 456. The molecule has 7 heteroatoms. The molecule has 1 aliphatic rings. The van der Waals surface area contributed by atoms with Crippen LogP contribution in [0.5, 0.6) is 0 Å². The summed E-state index contributed by atoms with van der Waals surface area (Å²) < 4.78 is 38.3. The SMILES string of the molecule is CNc1nc(CC(F)(F)F)nc(C2CCCC2)c1I. The highest BCUT2D eigenvalue weighted by Crippen LogP contribution is 2.37. The van der Waals surface area contributed by atoms with Gasteiger partial charge in [0, 0.05) is 13.0 Å². The zero-order chi connectivity index (χ0) is 14.0. The second-order valence-corrected chi connectivity index (χ2v) is 5.79. The van der Waals surface area contributed by atoms with E-state index in [1.54, 1.807) is 7.05 Å². The van der Waals surface area contributed by atoms with Crippen LogP contribution in [0.3, 0.4) is 0 Å². The highest BCUT2D eigenvalue weighted by molar-refractivity contribution is 14.1. The molecule has 1 saturated carbocycles. The summed E-state index contributed by atoms with van der Waals surface area (Å²) in [4.78, 5) is 8.13. The molecule has 106 valence electrons. The molecule has 0 amide bonds. The average molecular weight is 385 g/mol. The minimum absolute atomic E-state index is 0.140. The van der Waals surface area contributed by atoms with Crippen LogP contribution in [0.2, 0.25) is 0 Å². The summed E-state index contributed by atoms with van der Waals surface area (Å²) in [5.74, 6) is 0.630. The van der Waals surface area contributed by atoms with E-state index in [0.717, 1.165) is 34.9 Å². The third-order valence-electron chi connectivity index (χ3n) is 3.26. The summed E-state index contributed by atoms with van der Waals surface area (Å²) in [5.41, 5.74) is 0.775. The Morgan fingerprint density at radius 1 is 1.26 bits per heavy atom. The predicted octanol–water partition coefficient (Wildman–Crippen LogP) is 3.89. The van der Waals surface area contributed by atoms with Gasteiger partial charge >= 0.3 is 6.18 Å². The van der Waals surface area contributed by atoms with E-state index in [2.05, 4.69) is 37.9 Å². The molecule has 0 radical (unpaired) electrons. The van der Waals surface area contributed by atoms with Gasteiger partial charge in [0.15, 0.2) is 0 Å². The first-order valence-corrected chi connectivity index (χ1v) is 7.29. The highest BCUT2D eigenvalue weighted by atomic mass is 127. The van der Waals surface area contributed by atoms with Crippen molar-refractivity contribution in [3.05, 3.63) is 15.1 Å². The molecule has 3 nitrogen and oxygen atoms in total. The third kappa shape index (κ3) is 3.70. The number of anilines is 1. The molecule has 0 aliphatic heterocycles. The molecule has 2 rings (SSSR count). The van der Waals surface area contributed by atoms with Gasteiger partial charge in [-0.05, 0) is 35.4 Å². The van der Waals surface area contributed by atoms with E-state index in [1.807, 2.05) is 0 Å². The maximum atomic E-state index is 12.5. The first kappa shape index (κ1) is 14.8. The number of hydrogen-bond acceptors (Lipinski definition) is 3. The predicted molar refractivity (Wildman–Crippen MR) is 75.3 cm³/mol. The van der Waals surface area contributed by atoms with E-state index in [4.69, 9.17) is 0 Å². The number of alkyl halides is 3. The molecule has 1 heterocycles. The van der Waals surface area contributed by atoms with Gasteiger partial charge in [0.1, 0.15) is 18.1 Å². The fourth-order valence-electron chi connectivity index (χ4n) is 2.41. The van der Waals surface area contributed by atoms with Crippen LogP contribution in [0.1, 0.15) is 43.1 Å². The molecule has 1 N–H and O–H groups in total. The van der Waals surface area contributed by atoms with Crippen LogP contribution in [0.4, 0.5) is 19.0 Å². The van der Waals surface area contributed by atoms with Crippen LogP contribution < -0.4 is 5.32 Å². The monoisotopic (exact) mass is 385 g/mol. The zero-order valence-corrected chi connectivity index (χ0v) is 12.7. The summed E-state index contributed by atoms with van der Waals surface area (Å²) in [5, 5.41) is 2.86. The van der Waals surface area contributed by atoms with E-state index >= 15 is 0 Å². The lowest BCUT2D eigenvalue weighted by Crippen LogP contribution is -2.17. The first-order valence-electron chi connectivity index (χ1n) is 6.21. The first-order chi connectivity index (χ1) is 8.90. The average Bonchev–Trinajstić information content (AvgIpc) is 2.82. The highest BCUT2D eigenvalue weighted by Gasteiger charge is 2.31. The molecule has 0 spiro atoms. The molecule has 0 aromatic carbocycles. The zero-order valence-electron chi connectivity index (χ0n) is 10.5. The molecule has 1 fully saturated rings. The minimum Gasteiger partial charge on any atom is -0.372 e. The van der Waals surface area contributed by atoms with Crippen molar-refractivity contribution in [1.29, 1.82) is 0 Å². The summed E-state index contributed by atoms with van der Waals surface area (Å²) in [6.45, 7) is 0. The van der Waals surface area contributed by atoms with Crippen molar-refractivity contribution in [2.24, 2.45) is 0 Å². The van der Waals surface area contributed by atoms with Gasteiger partial charge in [-0.2, -0.15) is 13.2 Å². The number of rotatable bonds is 3. The van der Waals surface area contributed by atoms with Crippen molar-refractivity contribution in [1.82, 2.24) is 9.97 Å². The second-order valence-electron chi connectivity index (χ2n) is 4.71. The van der Waals surface area contributed by atoms with Crippen molar-refractivity contribution in [2.75, 3.05) is 12.4 Å². The van der Waals surface area contributed by atoms with E-state index in [9.17, 15) is 13.2 Å². The number of nitrogens with one attached hydrogen (secondary N) is 1. The van der Waals surface area contributed by atoms with Crippen LogP contribution in [0, 0.1) is 3.57 Å². The molecule has 1 aromatic rings. The van der Waals surface area contributed by atoms with Crippen molar-refractivity contribution >= 4 is 28.4 Å². The van der Waals surface area contributed by atoms with Crippen LogP contribution in [0.15, 0.2) is 0 Å². The van der Waals surface area contributed by atoms with E-state index < -0.39 is 12.6 Å². The number of nitrogens with zero attached hydrogens (tertiary/aromatic N) is 2. The Balaban J connectivity index is 2.37. The Morgan fingerprint density at radius 2 is 1.89 bits per heavy atom. The van der Waals surface area contributed by atoms with Crippen LogP contribution >= 0.6 is 22.6 Å². The summed E-state index contributed by atoms with van der Waals surface area (Å²) in [7, 11) is 1.67. The molecule has 0 unspecified atom stereocenters. The largest absolute Gasteiger partial charge is 0.396 e. The molecule has 1 aliphatic carbocycles. The Kier molecular flexibility index (Phi) is 4.52. The van der Waals surface area contributed by atoms with Gasteiger partial charge in [-0.1, -0.05) is 12.8 Å². The van der Waals surface area contributed by atoms with Gasteiger partial charge in [-0.25, -0.2) is 9.97 Å². The maximum absolute atomic E-state index is 12.5. The number of aromatic nitrogens is 2. The van der Waals surface area contributed by atoms with E-state index in [1.165, 1.54) is 0 Å². The van der Waals surface area contributed by atoms with Crippen LogP contribution in [-0.4, -0.2) is 23.2 Å². The standard InChI is InChI=1S/C12H15F3IN3/c1-17-11-9(16)10(7-4-2-3-5-7)18-8(19-11)6-12(13,14)15/h7H,2-6H2,1H3,(H,17,18,19). The van der Waals surface area contributed by atoms with Crippen molar-refractivity contribution in [3.8, 4) is 0 Å². The van der Waals surface area contributed by atoms with Crippen molar-refractivity contribution in [2.45, 2.75) is 44.2 Å². The second kappa shape index (κ2) is 5.80. The van der Waals surface area contributed by atoms with Crippen molar-refractivity contribution < 1.29 is 13.2 Å². The lowest BCUT2D eigenvalue weighted by atomic mass is 10.0. The fourth-order valence-corrected chi connectivity index (χ4v) is 3.36. The van der Waals surface area contributed by atoms with Gasteiger partial charge in [0.25, 0.3) is 0 Å². The normalized spacial score (nSPS) is 16.9. The molecular formula is C12H15F3IN3. The molecule has 19 heavy (non-hydrogen) atoms. The van der Waals surface area contributed by atoms with E-state index in [0.29, 0.717) is 5.82 Å². The quantitative estimate of drug-likeness (QED) is 0.803. The lowest BCUT2D eigenvalue weighted by molar-refractivity contribution is -0.128. The summed E-state index contributed by atoms with van der Waals surface area (Å²) in [6.07, 6.45) is -1.10. The van der Waals surface area contributed by atoms with Gasteiger partial charge in [-0.3, -0.25) is 0 Å². The molecule has 0 saturated heterocycles. The number of hydrogen-bond donors (Lipinski definition) is 1. The van der Waals surface area contributed by atoms with Crippen molar-refractivity contribution in [3.63, 3.8) is 0 Å². The topological polar surface area (TPSA) is 37.8 Å². The Hall–Kier alpha value is -0.600. The minimum atomic E-state index is -4.27. The smallest absolute Gasteiger partial charge is 0.372 e. The van der Waals surface area contributed by atoms with Gasteiger partial charge in [-0.15, -0.1) is 0 Å². The van der Waals surface area contributed by atoms with Gasteiger partial charge < -0.3 is 5.32 Å². The van der Waals surface area contributed by atoms with Crippen LogP contribution in [-0.2, 0) is 6.42 Å².